The Morgan fingerprint density at radius 3 is 2.57 bits per heavy atom. The molecule has 0 saturated carbocycles. The van der Waals surface area contributed by atoms with Gasteiger partial charge in [-0.25, -0.2) is 0 Å². The summed E-state index contributed by atoms with van der Waals surface area (Å²) in [4.78, 5) is 2.33. The molecule has 2 atom stereocenters. The van der Waals surface area contributed by atoms with E-state index in [4.69, 9.17) is 4.74 Å². The van der Waals surface area contributed by atoms with Crippen LogP contribution in [-0.2, 0) is 4.74 Å². The summed E-state index contributed by atoms with van der Waals surface area (Å²) in [6, 6.07) is 11.5. The lowest BCUT2D eigenvalue weighted by molar-refractivity contribution is 0.0308. The van der Waals surface area contributed by atoms with E-state index in [1.165, 1.54) is 5.56 Å². The molecule has 2 N–H and O–H groups in total. The van der Waals surface area contributed by atoms with Crippen molar-refractivity contribution in [3.05, 3.63) is 35.9 Å². The molecule has 0 radical (unpaired) electrons. The molecule has 1 aliphatic heterocycles. The highest BCUT2D eigenvalue weighted by atomic mass is 16.5. The van der Waals surface area contributed by atoms with Crippen LogP contribution < -0.4 is 5.32 Å². The van der Waals surface area contributed by atoms with E-state index in [1.807, 2.05) is 0 Å². The van der Waals surface area contributed by atoms with E-state index in [1.54, 1.807) is 7.11 Å². The van der Waals surface area contributed by atoms with E-state index >= 15 is 0 Å². The molecule has 0 aromatic heterocycles. The second-order valence-electron chi connectivity index (χ2n) is 5.98. The Labute approximate surface area is 128 Å². The number of ether oxygens (including phenoxy) is 1. The molecule has 2 unspecified atom stereocenters. The lowest BCUT2D eigenvalue weighted by Gasteiger charge is -2.34. The van der Waals surface area contributed by atoms with E-state index < -0.39 is 0 Å². The summed E-state index contributed by atoms with van der Waals surface area (Å²) in [5, 5.41) is 13.5. The molecule has 1 heterocycles. The second-order valence-corrected chi connectivity index (χ2v) is 5.98. The zero-order valence-corrected chi connectivity index (χ0v) is 13.2. The van der Waals surface area contributed by atoms with Crippen LogP contribution >= 0.6 is 0 Å². The third-order valence-corrected chi connectivity index (χ3v) is 4.20. The van der Waals surface area contributed by atoms with Crippen LogP contribution in [0.5, 0.6) is 0 Å². The summed E-state index contributed by atoms with van der Waals surface area (Å²) in [6.45, 7) is 5.45. The highest BCUT2D eigenvalue weighted by Crippen LogP contribution is 2.17. The number of nitrogens with zero attached hydrogens (tertiary/aromatic N) is 1. The molecular weight excluding hydrogens is 264 g/mol. The Hall–Kier alpha value is -0.940. The van der Waals surface area contributed by atoms with Crippen molar-refractivity contribution in [2.24, 2.45) is 0 Å². The van der Waals surface area contributed by atoms with Gasteiger partial charge in [-0.05, 0) is 38.4 Å². The minimum atomic E-state index is -0.372. The number of aliphatic hydroxyl groups is 1. The molecule has 1 aromatic rings. The van der Waals surface area contributed by atoms with Crippen molar-refractivity contribution in [1.29, 1.82) is 0 Å². The first-order valence-electron chi connectivity index (χ1n) is 7.89. The van der Waals surface area contributed by atoms with Crippen LogP contribution in [0.2, 0.25) is 0 Å². The van der Waals surface area contributed by atoms with Crippen LogP contribution in [-0.4, -0.2) is 55.5 Å². The summed E-state index contributed by atoms with van der Waals surface area (Å²) in [5.41, 5.74) is 1.34. The largest absolute Gasteiger partial charge is 0.389 e. The number of piperidine rings is 1. The van der Waals surface area contributed by atoms with Crippen molar-refractivity contribution >= 4 is 0 Å². The molecule has 0 spiro atoms. The molecule has 0 aliphatic carbocycles. The molecule has 2 rings (SSSR count). The smallest absolute Gasteiger partial charge is 0.0900 e. The van der Waals surface area contributed by atoms with Crippen LogP contribution in [0.1, 0.15) is 31.4 Å². The molecule has 4 nitrogen and oxygen atoms in total. The van der Waals surface area contributed by atoms with Crippen molar-refractivity contribution in [3.63, 3.8) is 0 Å². The maximum absolute atomic E-state index is 9.78. The standard InChI is InChI=1S/C17H28N2O2/c1-14(15-6-4-3-5-7-15)18-16-8-10-19(11-9-16)12-17(20)13-21-2/h3-7,14,16-18,20H,8-13H2,1-2H3. The quantitative estimate of drug-likeness (QED) is 0.804. The molecular formula is C17H28N2O2. The van der Waals surface area contributed by atoms with Crippen LogP contribution in [0, 0.1) is 0 Å². The summed E-state index contributed by atoms with van der Waals surface area (Å²) in [7, 11) is 1.63. The van der Waals surface area contributed by atoms with Crippen molar-refractivity contribution < 1.29 is 9.84 Å². The Morgan fingerprint density at radius 1 is 1.29 bits per heavy atom. The average molecular weight is 292 g/mol. The fourth-order valence-corrected chi connectivity index (χ4v) is 3.02. The maximum Gasteiger partial charge on any atom is 0.0900 e. The van der Waals surface area contributed by atoms with Crippen molar-refractivity contribution in [2.45, 2.75) is 38.0 Å². The van der Waals surface area contributed by atoms with Crippen LogP contribution in [0.25, 0.3) is 0 Å². The van der Waals surface area contributed by atoms with Gasteiger partial charge in [-0.3, -0.25) is 0 Å². The van der Waals surface area contributed by atoms with Gasteiger partial charge in [-0.1, -0.05) is 30.3 Å². The Bertz CT molecular complexity index is 391. The fourth-order valence-electron chi connectivity index (χ4n) is 3.02. The van der Waals surface area contributed by atoms with Gasteiger partial charge in [0.15, 0.2) is 0 Å². The highest BCUT2D eigenvalue weighted by molar-refractivity contribution is 5.18. The average Bonchev–Trinajstić information content (AvgIpc) is 2.50. The second kappa shape index (κ2) is 8.49. The Morgan fingerprint density at radius 2 is 1.95 bits per heavy atom. The first-order chi connectivity index (χ1) is 10.2. The monoisotopic (exact) mass is 292 g/mol. The van der Waals surface area contributed by atoms with Gasteiger partial charge in [0.05, 0.1) is 12.7 Å². The first-order valence-corrected chi connectivity index (χ1v) is 7.89. The molecule has 1 saturated heterocycles. The van der Waals surface area contributed by atoms with Crippen LogP contribution in [0.15, 0.2) is 30.3 Å². The van der Waals surface area contributed by atoms with E-state index in [2.05, 4.69) is 47.5 Å². The molecule has 1 fully saturated rings. The third-order valence-electron chi connectivity index (χ3n) is 4.20. The molecule has 1 aromatic carbocycles. The number of aliphatic hydroxyl groups excluding tert-OH is 1. The topological polar surface area (TPSA) is 44.7 Å². The van der Waals surface area contributed by atoms with Gasteiger partial charge in [-0.15, -0.1) is 0 Å². The van der Waals surface area contributed by atoms with Crippen molar-refractivity contribution in [3.8, 4) is 0 Å². The highest BCUT2D eigenvalue weighted by Gasteiger charge is 2.22. The van der Waals surface area contributed by atoms with Crippen LogP contribution in [0.3, 0.4) is 0 Å². The van der Waals surface area contributed by atoms with Gasteiger partial charge in [0.2, 0.25) is 0 Å². The van der Waals surface area contributed by atoms with Gasteiger partial charge in [0.1, 0.15) is 0 Å². The number of rotatable bonds is 7. The number of nitrogens with one attached hydrogen (secondary N) is 1. The minimum absolute atomic E-state index is 0.372. The zero-order chi connectivity index (χ0) is 15.1. The Kier molecular flexibility index (Phi) is 6.64. The first kappa shape index (κ1) is 16.4. The van der Waals surface area contributed by atoms with Gasteiger partial charge in [0.25, 0.3) is 0 Å². The normalized spacial score (nSPS) is 20.3. The molecule has 21 heavy (non-hydrogen) atoms. The van der Waals surface area contributed by atoms with E-state index in [9.17, 15) is 5.11 Å². The number of methoxy groups -OCH3 is 1. The number of likely N-dealkylation sites (tertiary alicyclic amines) is 1. The number of benzene rings is 1. The third kappa shape index (κ3) is 5.40. The predicted molar refractivity (Wildman–Crippen MR) is 85.3 cm³/mol. The molecule has 1 aliphatic rings. The Balaban J connectivity index is 1.72. The summed E-state index contributed by atoms with van der Waals surface area (Å²) in [5.74, 6) is 0. The molecule has 118 valence electrons. The summed E-state index contributed by atoms with van der Waals surface area (Å²) >= 11 is 0. The van der Waals surface area contributed by atoms with E-state index in [0.29, 0.717) is 18.7 Å². The number of hydrogen-bond donors (Lipinski definition) is 2. The van der Waals surface area contributed by atoms with Gasteiger partial charge < -0.3 is 20.1 Å². The summed E-state index contributed by atoms with van der Waals surface area (Å²) in [6.07, 6.45) is 1.90. The molecule has 0 bridgehead atoms. The van der Waals surface area contributed by atoms with Crippen LogP contribution in [0.4, 0.5) is 0 Å². The van der Waals surface area contributed by atoms with Gasteiger partial charge >= 0.3 is 0 Å². The van der Waals surface area contributed by atoms with E-state index in [0.717, 1.165) is 32.5 Å². The SMILES string of the molecule is COCC(O)CN1CCC(NC(C)c2ccccc2)CC1. The zero-order valence-electron chi connectivity index (χ0n) is 13.2. The minimum Gasteiger partial charge on any atom is -0.389 e. The number of β-amino-alcohol motifs (C(OH)–C–C–N with tert-alkyl or cyclic N) is 1. The fraction of sp³-hybridized carbons (Fsp3) is 0.647. The van der Waals surface area contributed by atoms with Gasteiger partial charge in [0, 0.05) is 25.7 Å². The lowest BCUT2D eigenvalue weighted by Crippen LogP contribution is -2.46. The maximum atomic E-state index is 9.78. The number of hydrogen-bond acceptors (Lipinski definition) is 4. The van der Waals surface area contributed by atoms with Crippen molar-refractivity contribution in [2.75, 3.05) is 33.4 Å². The molecule has 0 amide bonds. The van der Waals surface area contributed by atoms with E-state index in [-0.39, 0.29) is 6.10 Å². The summed E-state index contributed by atoms with van der Waals surface area (Å²) < 4.78 is 4.98. The molecule has 4 heteroatoms. The predicted octanol–water partition coefficient (Wildman–Crippen LogP) is 1.81. The van der Waals surface area contributed by atoms with Crippen molar-refractivity contribution in [1.82, 2.24) is 10.2 Å². The lowest BCUT2D eigenvalue weighted by atomic mass is 10.0. The van der Waals surface area contributed by atoms with Gasteiger partial charge in [-0.2, -0.15) is 0 Å².